The largest absolute Gasteiger partial charge is 0.389 e. The Morgan fingerprint density at radius 3 is 3.00 bits per heavy atom. The topological polar surface area (TPSA) is 59.3 Å². The molecule has 0 aliphatic carbocycles. The first-order valence-electron chi connectivity index (χ1n) is 6.29. The maximum atomic E-state index is 9.65. The molecular weight excluding hydrogens is 218 g/mol. The van der Waals surface area contributed by atoms with E-state index in [1.165, 1.54) is 0 Å². The molecule has 1 atom stereocenters. The molecule has 0 fully saturated rings. The Balaban J connectivity index is 2.12. The fourth-order valence-corrected chi connectivity index (χ4v) is 1.38. The lowest BCUT2D eigenvalue weighted by Crippen LogP contribution is -2.25. The number of aliphatic hydroxyl groups is 1. The zero-order chi connectivity index (χ0) is 12.5. The van der Waals surface area contributed by atoms with E-state index in [-0.39, 0.29) is 0 Å². The Morgan fingerprint density at radius 1 is 1.53 bits per heavy atom. The number of aliphatic hydroxyl groups excluding tert-OH is 1. The van der Waals surface area contributed by atoms with Crippen molar-refractivity contribution < 1.29 is 9.84 Å². The molecule has 0 saturated carbocycles. The Hall–Kier alpha value is -1.07. The Kier molecular flexibility index (Phi) is 6.65. The first-order chi connectivity index (χ1) is 8.26. The highest BCUT2D eigenvalue weighted by molar-refractivity contribution is 5.32. The zero-order valence-corrected chi connectivity index (χ0v) is 10.7. The maximum absolute atomic E-state index is 9.65. The minimum Gasteiger partial charge on any atom is -0.389 e. The van der Waals surface area contributed by atoms with E-state index in [0.29, 0.717) is 13.2 Å². The van der Waals surface area contributed by atoms with E-state index in [0.717, 1.165) is 31.8 Å². The predicted octanol–water partition coefficient (Wildman–Crippen LogP) is 1.49. The lowest BCUT2D eigenvalue weighted by molar-refractivity contribution is 0.0421. The third kappa shape index (κ3) is 5.70. The van der Waals surface area contributed by atoms with Crippen molar-refractivity contribution in [1.82, 2.24) is 9.78 Å². The van der Waals surface area contributed by atoms with Crippen molar-refractivity contribution in [3.63, 3.8) is 0 Å². The van der Waals surface area contributed by atoms with Gasteiger partial charge in [-0.3, -0.25) is 4.68 Å². The molecule has 1 aromatic rings. The van der Waals surface area contributed by atoms with Gasteiger partial charge in [0.05, 0.1) is 12.7 Å². The molecular formula is C12H23N3O2. The van der Waals surface area contributed by atoms with Crippen LogP contribution in [0, 0.1) is 0 Å². The smallest absolute Gasteiger partial charge is 0.148 e. The van der Waals surface area contributed by atoms with Crippen molar-refractivity contribution in [3.05, 3.63) is 12.3 Å². The molecule has 0 bridgehead atoms. The van der Waals surface area contributed by atoms with Gasteiger partial charge in [-0.1, -0.05) is 13.3 Å². The fourth-order valence-electron chi connectivity index (χ4n) is 1.38. The summed E-state index contributed by atoms with van der Waals surface area (Å²) in [5, 5.41) is 17.0. The Bertz CT molecular complexity index is 302. The first kappa shape index (κ1) is 14.0. The van der Waals surface area contributed by atoms with Crippen LogP contribution in [0.15, 0.2) is 12.3 Å². The molecule has 1 unspecified atom stereocenters. The second-order valence-electron chi connectivity index (χ2n) is 4.02. The Morgan fingerprint density at radius 2 is 2.35 bits per heavy atom. The number of hydrogen-bond acceptors (Lipinski definition) is 4. The minimum absolute atomic E-state index is 0.376. The third-order valence-electron chi connectivity index (χ3n) is 2.44. The molecule has 0 radical (unpaired) electrons. The first-order valence-corrected chi connectivity index (χ1v) is 6.29. The number of ether oxygens (including phenoxy) is 1. The van der Waals surface area contributed by atoms with E-state index >= 15 is 0 Å². The molecule has 98 valence electrons. The number of nitrogens with one attached hydrogen (secondary N) is 1. The van der Waals surface area contributed by atoms with Gasteiger partial charge in [0.2, 0.25) is 0 Å². The van der Waals surface area contributed by atoms with Crippen LogP contribution in [0.5, 0.6) is 0 Å². The van der Waals surface area contributed by atoms with Gasteiger partial charge in [-0.15, -0.1) is 0 Å². The average molecular weight is 241 g/mol. The number of aryl methyl sites for hydroxylation is 1. The quantitative estimate of drug-likeness (QED) is 0.643. The van der Waals surface area contributed by atoms with E-state index in [9.17, 15) is 5.11 Å². The summed E-state index contributed by atoms with van der Waals surface area (Å²) in [6.07, 6.45) is 3.58. The van der Waals surface area contributed by atoms with E-state index in [1.807, 2.05) is 23.9 Å². The van der Waals surface area contributed by atoms with Crippen LogP contribution in [0.4, 0.5) is 5.82 Å². The lowest BCUT2D eigenvalue weighted by atomic mass is 10.3. The molecule has 1 rings (SSSR count). The molecule has 5 nitrogen and oxygen atoms in total. The van der Waals surface area contributed by atoms with Crippen LogP contribution in [0.3, 0.4) is 0 Å². The second kappa shape index (κ2) is 8.08. The summed E-state index contributed by atoms with van der Waals surface area (Å²) < 4.78 is 7.17. The predicted molar refractivity (Wildman–Crippen MR) is 68.1 cm³/mol. The van der Waals surface area contributed by atoms with Gasteiger partial charge in [0, 0.05) is 32.0 Å². The number of anilines is 1. The summed E-state index contributed by atoms with van der Waals surface area (Å²) in [7, 11) is 0. The molecule has 0 saturated heterocycles. The van der Waals surface area contributed by atoms with Gasteiger partial charge in [-0.05, 0) is 13.3 Å². The molecule has 1 aromatic heterocycles. The van der Waals surface area contributed by atoms with Crippen LogP contribution in [-0.4, -0.2) is 40.7 Å². The molecule has 5 heteroatoms. The molecule has 2 N–H and O–H groups in total. The summed E-state index contributed by atoms with van der Waals surface area (Å²) in [6.45, 7) is 6.56. The monoisotopic (exact) mass is 241 g/mol. The van der Waals surface area contributed by atoms with Gasteiger partial charge in [-0.25, -0.2) is 0 Å². The third-order valence-corrected chi connectivity index (χ3v) is 2.44. The van der Waals surface area contributed by atoms with Crippen molar-refractivity contribution in [3.8, 4) is 0 Å². The number of aromatic nitrogens is 2. The summed E-state index contributed by atoms with van der Waals surface area (Å²) in [5.41, 5.74) is 0. The number of rotatable bonds is 9. The molecule has 1 heterocycles. The molecule has 0 spiro atoms. The highest BCUT2D eigenvalue weighted by Gasteiger charge is 2.05. The van der Waals surface area contributed by atoms with Crippen LogP contribution in [-0.2, 0) is 11.3 Å². The highest BCUT2D eigenvalue weighted by Crippen LogP contribution is 2.02. The Labute approximate surface area is 103 Å². The van der Waals surface area contributed by atoms with Crippen LogP contribution in [0.1, 0.15) is 26.7 Å². The zero-order valence-electron chi connectivity index (χ0n) is 10.7. The molecule has 0 aliphatic heterocycles. The van der Waals surface area contributed by atoms with E-state index in [2.05, 4.69) is 17.3 Å². The SMILES string of the molecule is CCCCOCC(O)CNc1ccn(CC)n1. The number of hydrogen-bond donors (Lipinski definition) is 2. The van der Waals surface area contributed by atoms with Crippen molar-refractivity contribution in [2.24, 2.45) is 0 Å². The van der Waals surface area contributed by atoms with Gasteiger partial charge in [0.1, 0.15) is 5.82 Å². The van der Waals surface area contributed by atoms with Crippen LogP contribution in [0.25, 0.3) is 0 Å². The van der Waals surface area contributed by atoms with Gasteiger partial charge in [-0.2, -0.15) is 5.10 Å². The normalized spacial score (nSPS) is 12.6. The fraction of sp³-hybridized carbons (Fsp3) is 0.750. The van der Waals surface area contributed by atoms with Crippen molar-refractivity contribution in [1.29, 1.82) is 0 Å². The van der Waals surface area contributed by atoms with E-state index in [4.69, 9.17) is 4.74 Å². The van der Waals surface area contributed by atoms with Crippen LogP contribution >= 0.6 is 0 Å². The van der Waals surface area contributed by atoms with Gasteiger partial charge in [0.25, 0.3) is 0 Å². The molecule has 17 heavy (non-hydrogen) atoms. The summed E-state index contributed by atoms with van der Waals surface area (Å²) in [5.74, 6) is 0.791. The van der Waals surface area contributed by atoms with E-state index < -0.39 is 6.10 Å². The average Bonchev–Trinajstić information content (AvgIpc) is 2.80. The molecule has 0 aliphatic rings. The van der Waals surface area contributed by atoms with Crippen molar-refractivity contribution >= 4 is 5.82 Å². The summed E-state index contributed by atoms with van der Waals surface area (Å²) in [6, 6.07) is 1.90. The van der Waals surface area contributed by atoms with E-state index in [1.54, 1.807) is 0 Å². The summed E-state index contributed by atoms with van der Waals surface area (Å²) in [4.78, 5) is 0. The minimum atomic E-state index is -0.487. The second-order valence-corrected chi connectivity index (χ2v) is 4.02. The van der Waals surface area contributed by atoms with Crippen molar-refractivity contribution in [2.45, 2.75) is 39.3 Å². The molecule has 0 amide bonds. The number of unbranched alkanes of at least 4 members (excludes halogenated alkanes) is 1. The van der Waals surface area contributed by atoms with Crippen LogP contribution in [0.2, 0.25) is 0 Å². The standard InChI is InChI=1S/C12H23N3O2/c1-3-5-8-17-10-11(16)9-13-12-6-7-15(4-2)14-12/h6-7,11,16H,3-5,8-10H2,1-2H3,(H,13,14). The molecule has 0 aromatic carbocycles. The highest BCUT2D eigenvalue weighted by atomic mass is 16.5. The van der Waals surface area contributed by atoms with Gasteiger partial charge < -0.3 is 15.2 Å². The number of nitrogens with zero attached hydrogens (tertiary/aromatic N) is 2. The van der Waals surface area contributed by atoms with Crippen LogP contribution < -0.4 is 5.32 Å². The summed E-state index contributed by atoms with van der Waals surface area (Å²) >= 11 is 0. The lowest BCUT2D eigenvalue weighted by Gasteiger charge is -2.11. The van der Waals surface area contributed by atoms with Gasteiger partial charge in [0.15, 0.2) is 0 Å². The van der Waals surface area contributed by atoms with Crippen molar-refractivity contribution in [2.75, 3.05) is 25.1 Å². The van der Waals surface area contributed by atoms with Gasteiger partial charge >= 0.3 is 0 Å². The maximum Gasteiger partial charge on any atom is 0.148 e.